The molecule has 0 saturated heterocycles. The normalized spacial score (nSPS) is 27.0. The highest BCUT2D eigenvalue weighted by molar-refractivity contribution is 7.99. The molecule has 0 radical (unpaired) electrons. The first-order chi connectivity index (χ1) is 9.96. The zero-order chi connectivity index (χ0) is 17.1. The first kappa shape index (κ1) is 20.1. The van der Waals surface area contributed by atoms with E-state index in [2.05, 4.69) is 20.8 Å². The average Bonchev–Trinajstić information content (AvgIpc) is 2.36. The van der Waals surface area contributed by atoms with E-state index in [0.29, 0.717) is 5.92 Å². The van der Waals surface area contributed by atoms with Crippen molar-refractivity contribution in [2.75, 3.05) is 6.26 Å². The highest BCUT2D eigenvalue weighted by Gasteiger charge is 2.35. The summed E-state index contributed by atoms with van der Waals surface area (Å²) >= 11 is 1.22. The van der Waals surface area contributed by atoms with Crippen LogP contribution in [0.3, 0.4) is 0 Å². The quantitative estimate of drug-likeness (QED) is 0.578. The molecule has 0 heterocycles. The van der Waals surface area contributed by atoms with Crippen molar-refractivity contribution in [3.05, 3.63) is 5.92 Å². The van der Waals surface area contributed by atoms with Gasteiger partial charge in [0.15, 0.2) is 0 Å². The second-order valence-electron chi connectivity index (χ2n) is 7.45. The molecule has 2 atom stereocenters. The first-order valence-electron chi connectivity index (χ1n) is 8.09. The van der Waals surface area contributed by atoms with Gasteiger partial charge in [0.05, 0.1) is 6.10 Å². The van der Waals surface area contributed by atoms with Gasteiger partial charge in [-0.1, -0.05) is 40.7 Å². The van der Waals surface area contributed by atoms with E-state index >= 15 is 0 Å². The van der Waals surface area contributed by atoms with E-state index in [-0.39, 0.29) is 11.5 Å². The van der Waals surface area contributed by atoms with Crippen molar-refractivity contribution in [3.63, 3.8) is 0 Å². The molecular formula is C17H30F3OS-. The predicted molar refractivity (Wildman–Crippen MR) is 88.0 cm³/mol. The van der Waals surface area contributed by atoms with E-state index in [1.54, 1.807) is 20.1 Å². The van der Waals surface area contributed by atoms with Crippen LogP contribution in [0.4, 0.5) is 13.2 Å². The number of hydrogen-bond acceptors (Lipinski definition) is 2. The minimum absolute atomic E-state index is 0.0417. The number of ether oxygens (including phenoxy) is 1. The van der Waals surface area contributed by atoms with Gasteiger partial charge in [-0.3, -0.25) is 0 Å². The van der Waals surface area contributed by atoms with Crippen LogP contribution >= 0.6 is 11.8 Å². The van der Waals surface area contributed by atoms with Crippen LogP contribution in [-0.2, 0) is 4.74 Å². The van der Waals surface area contributed by atoms with E-state index in [0.717, 1.165) is 25.7 Å². The van der Waals surface area contributed by atoms with Gasteiger partial charge in [-0.25, -0.2) is 13.2 Å². The summed E-state index contributed by atoms with van der Waals surface area (Å²) in [6, 6.07) is 0. The number of rotatable bonds is 5. The Morgan fingerprint density at radius 2 is 1.55 bits per heavy atom. The minimum Gasteiger partial charge on any atom is -0.406 e. The van der Waals surface area contributed by atoms with Crippen molar-refractivity contribution in [1.29, 1.82) is 0 Å². The lowest BCUT2D eigenvalue weighted by atomic mass is 9.72. The van der Waals surface area contributed by atoms with Crippen molar-refractivity contribution in [3.8, 4) is 0 Å². The lowest BCUT2D eigenvalue weighted by Crippen LogP contribution is -2.41. The van der Waals surface area contributed by atoms with Gasteiger partial charge >= 0.3 is 0 Å². The van der Waals surface area contributed by atoms with E-state index in [1.165, 1.54) is 11.8 Å². The first-order valence-corrected chi connectivity index (χ1v) is 9.37. The van der Waals surface area contributed by atoms with E-state index < -0.39 is 23.4 Å². The maximum absolute atomic E-state index is 13.3. The molecule has 0 spiro atoms. The third-order valence-corrected chi connectivity index (χ3v) is 5.81. The monoisotopic (exact) mass is 339 g/mol. The van der Waals surface area contributed by atoms with Crippen molar-refractivity contribution in [2.24, 2.45) is 11.3 Å². The zero-order valence-corrected chi connectivity index (χ0v) is 15.4. The van der Waals surface area contributed by atoms with Crippen molar-refractivity contribution >= 4 is 11.8 Å². The van der Waals surface area contributed by atoms with E-state index in [4.69, 9.17) is 4.74 Å². The Kier molecular flexibility index (Phi) is 7.12. The van der Waals surface area contributed by atoms with Gasteiger partial charge in [-0.15, -0.1) is 5.25 Å². The van der Waals surface area contributed by atoms with Crippen LogP contribution in [0.2, 0.25) is 0 Å². The molecule has 22 heavy (non-hydrogen) atoms. The van der Waals surface area contributed by atoms with Gasteiger partial charge in [0.1, 0.15) is 0 Å². The molecule has 0 amide bonds. The Labute approximate surface area is 137 Å². The summed E-state index contributed by atoms with van der Waals surface area (Å²) in [6.07, 6.45) is 0.331. The van der Waals surface area contributed by atoms with Gasteiger partial charge in [0.2, 0.25) is 0 Å². The standard InChI is InChI=1S/C17H30F3OS/c1-11(15(12(2)22-6)17(18,19)20)21-14-9-7-13(8-10-14)16(3,4)5/h11-14H,7-10H2,1-6H3/q-1. The van der Waals surface area contributed by atoms with Gasteiger partial charge in [-0.2, -0.15) is 17.7 Å². The molecule has 1 nitrogen and oxygen atoms in total. The molecule has 1 aliphatic carbocycles. The highest BCUT2D eigenvalue weighted by Crippen LogP contribution is 2.42. The Bertz CT molecular complexity index is 330. The molecule has 1 fully saturated rings. The summed E-state index contributed by atoms with van der Waals surface area (Å²) in [5.74, 6) is 0.191. The summed E-state index contributed by atoms with van der Waals surface area (Å²) in [5.41, 5.74) is 0.271. The fourth-order valence-corrected chi connectivity index (χ4v) is 3.92. The fraction of sp³-hybridized carbons (Fsp3) is 0.941. The second-order valence-corrected chi connectivity index (χ2v) is 8.63. The van der Waals surface area contributed by atoms with Crippen LogP contribution < -0.4 is 0 Å². The number of halogens is 3. The summed E-state index contributed by atoms with van der Waals surface area (Å²) < 4.78 is 45.5. The van der Waals surface area contributed by atoms with Crippen molar-refractivity contribution < 1.29 is 17.9 Å². The van der Waals surface area contributed by atoms with Crippen LogP contribution in [0.15, 0.2) is 0 Å². The predicted octanol–water partition coefficient (Wildman–Crippen LogP) is 5.88. The van der Waals surface area contributed by atoms with E-state index in [9.17, 15) is 13.2 Å². The molecule has 1 rings (SSSR count). The van der Waals surface area contributed by atoms with Crippen molar-refractivity contribution in [2.45, 2.75) is 83.9 Å². The second kappa shape index (κ2) is 7.78. The highest BCUT2D eigenvalue weighted by atomic mass is 32.2. The van der Waals surface area contributed by atoms with Crippen LogP contribution in [-0.4, -0.2) is 29.9 Å². The lowest BCUT2D eigenvalue weighted by Gasteiger charge is -2.46. The van der Waals surface area contributed by atoms with E-state index in [1.807, 2.05) is 0 Å². The molecule has 5 heteroatoms. The minimum atomic E-state index is -4.29. The summed E-state index contributed by atoms with van der Waals surface area (Å²) in [7, 11) is 0. The maximum Gasteiger partial charge on any atom is 0.276 e. The van der Waals surface area contributed by atoms with Gasteiger partial charge in [0.25, 0.3) is 6.18 Å². The largest absolute Gasteiger partial charge is 0.406 e. The maximum atomic E-state index is 13.3. The number of alkyl halides is 3. The molecule has 2 unspecified atom stereocenters. The number of hydrogen-bond donors (Lipinski definition) is 0. The molecule has 0 aliphatic heterocycles. The molecule has 132 valence electrons. The van der Waals surface area contributed by atoms with Crippen LogP contribution in [0, 0.1) is 17.3 Å². The Morgan fingerprint density at radius 3 is 1.91 bits per heavy atom. The zero-order valence-electron chi connectivity index (χ0n) is 14.6. The van der Waals surface area contributed by atoms with Gasteiger partial charge in [0, 0.05) is 0 Å². The van der Waals surface area contributed by atoms with Crippen LogP contribution in [0.25, 0.3) is 0 Å². The molecule has 1 saturated carbocycles. The van der Waals surface area contributed by atoms with Crippen molar-refractivity contribution in [1.82, 2.24) is 0 Å². The Hall–Kier alpha value is 0.100. The molecular weight excluding hydrogens is 309 g/mol. The summed E-state index contributed by atoms with van der Waals surface area (Å²) in [5, 5.41) is -0.569. The lowest BCUT2D eigenvalue weighted by molar-refractivity contribution is -0.146. The van der Waals surface area contributed by atoms with Crippen LogP contribution in [0.1, 0.15) is 60.3 Å². The Morgan fingerprint density at radius 1 is 1.05 bits per heavy atom. The SMILES string of the molecule is CSC(C)[C-](C(C)OC1CCC(C(C)(C)C)CC1)C(F)(F)F. The van der Waals surface area contributed by atoms with Gasteiger partial charge in [-0.05, 0) is 43.3 Å². The summed E-state index contributed by atoms with van der Waals surface area (Å²) in [4.78, 5) is 0. The summed E-state index contributed by atoms with van der Waals surface area (Å²) in [6.45, 7) is 9.85. The Balaban J connectivity index is 2.59. The molecule has 0 aromatic carbocycles. The molecule has 0 aromatic heterocycles. The molecule has 0 aromatic rings. The third-order valence-electron chi connectivity index (χ3n) is 4.85. The third kappa shape index (κ3) is 5.63. The van der Waals surface area contributed by atoms with Crippen LogP contribution in [0.5, 0.6) is 0 Å². The topological polar surface area (TPSA) is 9.23 Å². The molecule has 0 N–H and O–H groups in total. The fourth-order valence-electron chi connectivity index (χ4n) is 3.35. The smallest absolute Gasteiger partial charge is 0.276 e. The molecule has 0 bridgehead atoms. The number of thioether (sulfide) groups is 1. The molecule has 1 aliphatic rings. The average molecular weight is 339 g/mol. The van der Waals surface area contributed by atoms with Gasteiger partial charge < -0.3 is 4.74 Å².